The van der Waals surface area contributed by atoms with Crippen LogP contribution in [0.4, 0.5) is 17.1 Å². The minimum Gasteiger partial charge on any atom is -0.507 e. The predicted octanol–water partition coefficient (Wildman–Crippen LogP) is 5.88. The normalized spacial score (nSPS) is 13.3. The topological polar surface area (TPSA) is 134 Å². The monoisotopic (exact) mass is 551 g/mol. The summed E-state index contributed by atoms with van der Waals surface area (Å²) in [5.74, 6) is -0.477. The minimum absolute atomic E-state index is 0.0289. The highest BCUT2D eigenvalue weighted by Gasteiger charge is 2.23. The van der Waals surface area contributed by atoms with Crippen LogP contribution in [0.25, 0.3) is 22.6 Å². The number of nitro benzene ring substituents is 1. The highest BCUT2D eigenvalue weighted by Crippen LogP contribution is 2.34. The van der Waals surface area contributed by atoms with E-state index >= 15 is 0 Å². The van der Waals surface area contributed by atoms with Crippen LogP contribution in [-0.4, -0.2) is 39.1 Å². The smallest absolute Gasteiger partial charge is 0.293 e. The first-order chi connectivity index (χ1) is 18.3. The maximum atomic E-state index is 12.8. The average molecular weight is 552 g/mol. The number of oxazole rings is 1. The molecule has 0 spiro atoms. The van der Waals surface area contributed by atoms with Gasteiger partial charge in [0.05, 0.1) is 10.5 Å². The number of hydrogen-bond acceptors (Lipinski definition) is 8. The van der Waals surface area contributed by atoms with Crippen molar-refractivity contribution in [1.82, 2.24) is 10.3 Å². The number of carbonyl (C=O) groups excluding carboxylic acids is 1. The summed E-state index contributed by atoms with van der Waals surface area (Å²) in [6, 6.07) is 14.0. The molecule has 1 aliphatic heterocycles. The fourth-order valence-electron chi connectivity index (χ4n) is 4.35. The van der Waals surface area contributed by atoms with E-state index in [0.717, 1.165) is 32.4 Å². The van der Waals surface area contributed by atoms with Gasteiger partial charge in [-0.1, -0.05) is 11.6 Å². The molecule has 1 aromatic heterocycles. The number of rotatable bonds is 5. The van der Waals surface area contributed by atoms with Gasteiger partial charge in [-0.25, -0.2) is 4.98 Å². The van der Waals surface area contributed by atoms with Crippen molar-refractivity contribution < 1.29 is 19.2 Å². The third-order valence-electron chi connectivity index (χ3n) is 6.19. The molecule has 0 unspecified atom stereocenters. The number of aromatic nitrogens is 1. The van der Waals surface area contributed by atoms with E-state index in [9.17, 15) is 20.0 Å². The molecule has 2 heterocycles. The van der Waals surface area contributed by atoms with Gasteiger partial charge in [0.2, 0.25) is 5.89 Å². The van der Waals surface area contributed by atoms with E-state index < -0.39 is 10.8 Å². The number of nitrogens with one attached hydrogen (secondary N) is 2. The third-order valence-corrected chi connectivity index (χ3v) is 6.63. The predicted molar refractivity (Wildman–Crippen MR) is 149 cm³/mol. The van der Waals surface area contributed by atoms with Gasteiger partial charge < -0.3 is 19.7 Å². The van der Waals surface area contributed by atoms with Crippen molar-refractivity contribution in [3.63, 3.8) is 0 Å². The lowest BCUT2D eigenvalue weighted by Gasteiger charge is -2.28. The molecule has 1 saturated heterocycles. The van der Waals surface area contributed by atoms with Crippen molar-refractivity contribution in [2.45, 2.75) is 19.3 Å². The Morgan fingerprint density at radius 3 is 2.66 bits per heavy atom. The van der Waals surface area contributed by atoms with Gasteiger partial charge in [0.25, 0.3) is 11.6 Å². The summed E-state index contributed by atoms with van der Waals surface area (Å²) in [5, 5.41) is 28.0. The molecule has 3 N–H and O–H groups in total. The number of amides is 1. The number of phenolic OH excluding ortho intramolecular Hbond substituents is 1. The number of thiocarbonyl (C=S) groups is 1. The van der Waals surface area contributed by atoms with Gasteiger partial charge in [0.15, 0.2) is 10.7 Å². The zero-order chi connectivity index (χ0) is 26.8. The number of hydrogen-bond donors (Lipinski definition) is 3. The van der Waals surface area contributed by atoms with Crippen LogP contribution in [0.3, 0.4) is 0 Å². The van der Waals surface area contributed by atoms with Crippen LogP contribution >= 0.6 is 23.8 Å². The number of halogens is 1. The fourth-order valence-corrected chi connectivity index (χ4v) is 4.73. The van der Waals surface area contributed by atoms with Crippen molar-refractivity contribution in [2.75, 3.05) is 23.3 Å². The molecule has 10 nitrogen and oxygen atoms in total. The molecule has 0 atom stereocenters. The Morgan fingerprint density at radius 1 is 1.11 bits per heavy atom. The summed E-state index contributed by atoms with van der Waals surface area (Å²) < 4.78 is 5.74. The van der Waals surface area contributed by atoms with Crippen LogP contribution in [0.15, 0.2) is 59.0 Å². The second kappa shape index (κ2) is 10.6. The standard InChI is InChI=1S/C26H22ClN5O5S/c27-16-5-9-23-19(13-16)29-25(37-23)18-14-17(6-8-22(18)33)28-26(38)30-24(34)15-4-7-20(21(12-15)32(35)36)31-10-2-1-3-11-31/h4-9,12-14,33H,1-3,10-11H2,(H2,28,30,34,38). The number of benzene rings is 3. The van der Waals surface area contributed by atoms with Gasteiger partial charge in [0, 0.05) is 35.4 Å². The number of phenols is 1. The zero-order valence-electron chi connectivity index (χ0n) is 19.9. The first-order valence-corrected chi connectivity index (χ1v) is 12.6. The molecule has 38 heavy (non-hydrogen) atoms. The van der Waals surface area contributed by atoms with Crippen LogP contribution in [0.5, 0.6) is 5.75 Å². The molecular weight excluding hydrogens is 530 g/mol. The molecule has 1 aliphatic rings. The van der Waals surface area contributed by atoms with Gasteiger partial charge in [-0.2, -0.15) is 0 Å². The lowest BCUT2D eigenvalue weighted by molar-refractivity contribution is -0.384. The van der Waals surface area contributed by atoms with E-state index in [0.29, 0.717) is 33.1 Å². The number of fused-ring (bicyclic) bond motifs is 1. The second-order valence-corrected chi connectivity index (χ2v) is 9.62. The first-order valence-electron chi connectivity index (χ1n) is 11.8. The van der Waals surface area contributed by atoms with E-state index in [1.165, 1.54) is 12.1 Å². The number of piperidine rings is 1. The van der Waals surface area contributed by atoms with E-state index in [1.54, 1.807) is 42.5 Å². The van der Waals surface area contributed by atoms with Crippen LogP contribution in [0.2, 0.25) is 5.02 Å². The first kappa shape index (κ1) is 25.4. The van der Waals surface area contributed by atoms with Crippen LogP contribution in [0.1, 0.15) is 29.6 Å². The van der Waals surface area contributed by atoms with Crippen molar-refractivity contribution in [1.29, 1.82) is 0 Å². The van der Waals surface area contributed by atoms with E-state index in [1.807, 2.05) is 4.90 Å². The van der Waals surface area contributed by atoms with Gasteiger partial charge in [-0.15, -0.1) is 0 Å². The van der Waals surface area contributed by atoms with Gasteiger partial charge >= 0.3 is 0 Å². The molecule has 0 aliphatic carbocycles. The number of nitro groups is 1. The highest BCUT2D eigenvalue weighted by molar-refractivity contribution is 7.80. The Kier molecular flexibility index (Phi) is 7.12. The molecule has 194 valence electrons. The molecule has 12 heteroatoms. The fraction of sp³-hybridized carbons (Fsp3) is 0.192. The van der Waals surface area contributed by atoms with Crippen molar-refractivity contribution in [2.24, 2.45) is 0 Å². The summed E-state index contributed by atoms with van der Waals surface area (Å²) in [6.45, 7) is 1.48. The van der Waals surface area contributed by atoms with Crippen LogP contribution in [-0.2, 0) is 0 Å². The average Bonchev–Trinajstić information content (AvgIpc) is 3.32. The number of carbonyl (C=O) groups is 1. The molecule has 5 rings (SSSR count). The van der Waals surface area contributed by atoms with Gasteiger partial charge in [-0.05, 0) is 80.0 Å². The van der Waals surface area contributed by atoms with E-state index in [2.05, 4.69) is 15.6 Å². The Hall–Kier alpha value is -4.22. The van der Waals surface area contributed by atoms with Gasteiger partial charge in [0.1, 0.15) is 17.0 Å². The third kappa shape index (κ3) is 5.38. The summed E-state index contributed by atoms with van der Waals surface area (Å²) in [5.41, 5.74) is 2.29. The minimum atomic E-state index is -0.592. The summed E-state index contributed by atoms with van der Waals surface area (Å²) in [6.07, 6.45) is 3.04. The van der Waals surface area contributed by atoms with E-state index in [-0.39, 0.29) is 28.0 Å². The number of aromatic hydroxyl groups is 1. The Labute approximate surface area is 227 Å². The molecule has 3 aromatic carbocycles. The molecule has 0 saturated carbocycles. The number of nitrogens with zero attached hydrogens (tertiary/aromatic N) is 3. The maximum absolute atomic E-state index is 12.8. The Morgan fingerprint density at radius 2 is 1.89 bits per heavy atom. The second-order valence-electron chi connectivity index (χ2n) is 8.78. The quantitative estimate of drug-likeness (QED) is 0.120. The lowest BCUT2D eigenvalue weighted by Crippen LogP contribution is -2.34. The molecular formula is C26H22ClN5O5S. The van der Waals surface area contributed by atoms with Crippen molar-refractivity contribution in [3.8, 4) is 17.2 Å². The molecule has 1 fully saturated rings. The van der Waals surface area contributed by atoms with Crippen LogP contribution < -0.4 is 15.5 Å². The maximum Gasteiger partial charge on any atom is 0.293 e. The largest absolute Gasteiger partial charge is 0.507 e. The Bertz CT molecular complexity index is 1570. The van der Waals surface area contributed by atoms with E-state index in [4.69, 9.17) is 28.2 Å². The molecule has 0 bridgehead atoms. The molecule has 0 radical (unpaired) electrons. The van der Waals surface area contributed by atoms with Gasteiger partial charge in [-0.3, -0.25) is 20.2 Å². The van der Waals surface area contributed by atoms with Crippen LogP contribution in [0, 0.1) is 10.1 Å². The molecule has 1 amide bonds. The van der Waals surface area contributed by atoms with Crippen molar-refractivity contribution in [3.05, 3.63) is 75.3 Å². The number of anilines is 2. The zero-order valence-corrected chi connectivity index (χ0v) is 21.5. The molecule has 4 aromatic rings. The summed E-state index contributed by atoms with van der Waals surface area (Å²) in [4.78, 5) is 30.4. The summed E-state index contributed by atoms with van der Waals surface area (Å²) >= 11 is 11.3. The highest BCUT2D eigenvalue weighted by atomic mass is 35.5. The SMILES string of the molecule is O=C(NC(=S)Nc1ccc(O)c(-c2nc3cc(Cl)ccc3o2)c1)c1ccc(N2CCCCC2)c([N+](=O)[O-])c1. The van der Waals surface area contributed by atoms with Crippen molar-refractivity contribution >= 4 is 63.0 Å². The lowest BCUT2D eigenvalue weighted by atomic mass is 10.1. The Balaban J connectivity index is 1.31. The summed E-state index contributed by atoms with van der Waals surface area (Å²) in [7, 11) is 0.